The average molecular weight is 1280 g/mol. The van der Waals surface area contributed by atoms with E-state index in [0.29, 0.717) is 25.9 Å². The van der Waals surface area contributed by atoms with Crippen LogP contribution < -0.4 is 5.32 Å². The zero-order valence-electron chi connectivity index (χ0n) is 61.9. The number of rotatable bonds is 79. The first-order valence-corrected chi connectivity index (χ1v) is 41.7. The zero-order valence-corrected chi connectivity index (χ0v) is 61.9. The third kappa shape index (κ3) is 77.0. The molecule has 1 amide bonds. The van der Waals surface area contributed by atoms with Crippen LogP contribution in [-0.4, -0.2) is 47.4 Å². The van der Waals surface area contributed by atoms with Crippen molar-refractivity contribution in [3.63, 3.8) is 0 Å². The molecule has 0 fully saturated rings. The number of hydrogen-bond donors (Lipinski definition) is 3. The Morgan fingerprint density at radius 1 is 0.308 bits per heavy atom. The molecular formula is C85H163NO5. The first kappa shape index (κ1) is 89.1. The second-order valence-electron chi connectivity index (χ2n) is 28.8. The van der Waals surface area contributed by atoms with Gasteiger partial charge in [-0.05, 0) is 83.5 Å². The van der Waals surface area contributed by atoms with Gasteiger partial charge in [-0.3, -0.25) is 9.59 Å². The van der Waals surface area contributed by atoms with Crippen LogP contribution in [0.2, 0.25) is 0 Å². The lowest BCUT2D eigenvalue weighted by Crippen LogP contribution is -2.45. The van der Waals surface area contributed by atoms with Crippen molar-refractivity contribution >= 4 is 11.9 Å². The lowest BCUT2D eigenvalue weighted by molar-refractivity contribution is -0.143. The molecule has 6 nitrogen and oxygen atoms in total. The number of hydrogen-bond acceptors (Lipinski definition) is 5. The number of unbranched alkanes of at least 4 members (excludes halogenated alkanes) is 62. The largest absolute Gasteiger partial charge is 0.466 e. The molecule has 0 spiro atoms. The Bertz CT molecular complexity index is 1470. The number of carbonyl (C=O) groups excluding carboxylic acids is 2. The summed E-state index contributed by atoms with van der Waals surface area (Å²) >= 11 is 0. The summed E-state index contributed by atoms with van der Waals surface area (Å²) in [5, 5.41) is 23.5. The molecular weight excluding hydrogens is 1110 g/mol. The van der Waals surface area contributed by atoms with Crippen LogP contribution in [0.15, 0.2) is 36.5 Å². The van der Waals surface area contributed by atoms with E-state index >= 15 is 0 Å². The highest BCUT2D eigenvalue weighted by molar-refractivity contribution is 5.76. The summed E-state index contributed by atoms with van der Waals surface area (Å²) in [6.07, 6.45) is 105. The molecule has 6 heteroatoms. The van der Waals surface area contributed by atoms with Gasteiger partial charge in [0.05, 0.1) is 25.4 Å². The highest BCUT2D eigenvalue weighted by atomic mass is 16.5. The molecule has 2 atom stereocenters. The van der Waals surface area contributed by atoms with Crippen molar-refractivity contribution in [1.29, 1.82) is 0 Å². The second kappa shape index (κ2) is 80.5. The van der Waals surface area contributed by atoms with Gasteiger partial charge in [0.15, 0.2) is 0 Å². The summed E-state index contributed by atoms with van der Waals surface area (Å²) in [5.41, 5.74) is 0. The van der Waals surface area contributed by atoms with Crippen LogP contribution in [0.1, 0.15) is 470 Å². The Labute approximate surface area is 570 Å². The smallest absolute Gasteiger partial charge is 0.305 e. The molecule has 0 bridgehead atoms. The predicted molar refractivity (Wildman–Crippen MR) is 403 cm³/mol. The fourth-order valence-electron chi connectivity index (χ4n) is 13.3. The first-order chi connectivity index (χ1) is 45.0. The van der Waals surface area contributed by atoms with Crippen molar-refractivity contribution in [1.82, 2.24) is 5.32 Å². The van der Waals surface area contributed by atoms with Gasteiger partial charge in [0.2, 0.25) is 5.91 Å². The summed E-state index contributed by atoms with van der Waals surface area (Å²) in [7, 11) is 0. The molecule has 0 saturated heterocycles. The van der Waals surface area contributed by atoms with Gasteiger partial charge in [-0.25, -0.2) is 0 Å². The van der Waals surface area contributed by atoms with Crippen LogP contribution in [0.25, 0.3) is 0 Å². The van der Waals surface area contributed by atoms with E-state index in [9.17, 15) is 19.8 Å². The molecule has 0 aromatic carbocycles. The minimum Gasteiger partial charge on any atom is -0.466 e. The molecule has 538 valence electrons. The van der Waals surface area contributed by atoms with E-state index in [1.54, 1.807) is 0 Å². The predicted octanol–water partition coefficient (Wildman–Crippen LogP) is 27.8. The van der Waals surface area contributed by atoms with E-state index in [1.165, 1.54) is 385 Å². The van der Waals surface area contributed by atoms with Gasteiger partial charge in [-0.15, -0.1) is 0 Å². The van der Waals surface area contributed by atoms with E-state index in [1.807, 2.05) is 0 Å². The lowest BCUT2D eigenvalue weighted by atomic mass is 10.0. The summed E-state index contributed by atoms with van der Waals surface area (Å²) in [4.78, 5) is 24.6. The second-order valence-corrected chi connectivity index (χ2v) is 28.8. The van der Waals surface area contributed by atoms with E-state index in [0.717, 1.165) is 51.4 Å². The van der Waals surface area contributed by atoms with E-state index in [2.05, 4.69) is 55.6 Å². The molecule has 0 saturated carbocycles. The standard InChI is InChI=1S/C85H163NO5/c1-3-5-7-9-11-13-15-17-19-20-21-43-46-50-53-57-61-65-69-73-77-83(88)82(81-87)86-84(89)78-74-70-66-62-58-54-51-47-44-41-39-37-35-33-31-29-27-25-23-22-24-26-28-30-32-34-36-38-40-42-45-48-52-56-60-64-68-72-76-80-91-85(90)79-75-71-67-63-59-55-49-18-16-14-12-10-8-6-4-2/h18,22-23,26,28,49,82-83,87-88H,3-17,19-21,24-25,27,29-48,50-81H2,1-2H3,(H,86,89)/b23-22-,28-26-,49-18-. The first-order valence-electron chi connectivity index (χ1n) is 41.7. The normalized spacial score (nSPS) is 12.6. The summed E-state index contributed by atoms with van der Waals surface area (Å²) in [5.74, 6) is -0.0137. The maximum Gasteiger partial charge on any atom is 0.305 e. The zero-order chi connectivity index (χ0) is 65.6. The Balaban J connectivity index is 3.35. The molecule has 3 N–H and O–H groups in total. The fraction of sp³-hybridized carbons (Fsp3) is 0.906. The van der Waals surface area contributed by atoms with Gasteiger partial charge < -0.3 is 20.3 Å². The number of aliphatic hydroxyl groups is 2. The van der Waals surface area contributed by atoms with Crippen molar-refractivity contribution < 1.29 is 24.5 Å². The molecule has 0 radical (unpaired) electrons. The number of ether oxygens (including phenoxy) is 1. The number of nitrogens with one attached hydrogen (secondary N) is 1. The van der Waals surface area contributed by atoms with Crippen LogP contribution in [0.5, 0.6) is 0 Å². The molecule has 0 heterocycles. The van der Waals surface area contributed by atoms with Gasteiger partial charge >= 0.3 is 5.97 Å². The van der Waals surface area contributed by atoms with Crippen LogP contribution in [-0.2, 0) is 14.3 Å². The Morgan fingerprint density at radius 3 is 0.846 bits per heavy atom. The van der Waals surface area contributed by atoms with Gasteiger partial charge in [-0.2, -0.15) is 0 Å². The number of allylic oxidation sites excluding steroid dienone is 6. The summed E-state index contributed by atoms with van der Waals surface area (Å²) < 4.78 is 5.50. The Morgan fingerprint density at radius 2 is 0.549 bits per heavy atom. The quantitative estimate of drug-likeness (QED) is 0.0320. The molecule has 0 rings (SSSR count). The lowest BCUT2D eigenvalue weighted by Gasteiger charge is -2.22. The average Bonchev–Trinajstić information content (AvgIpc) is 3.74. The highest BCUT2D eigenvalue weighted by Crippen LogP contribution is 2.20. The Kier molecular flexibility index (Phi) is 78.8. The van der Waals surface area contributed by atoms with E-state index < -0.39 is 12.1 Å². The topological polar surface area (TPSA) is 95.9 Å². The van der Waals surface area contributed by atoms with Crippen molar-refractivity contribution in [2.75, 3.05) is 13.2 Å². The highest BCUT2D eigenvalue weighted by Gasteiger charge is 2.20. The minimum absolute atomic E-state index is 0.0131. The maximum absolute atomic E-state index is 12.6. The third-order valence-corrected chi connectivity index (χ3v) is 19.7. The van der Waals surface area contributed by atoms with Crippen molar-refractivity contribution in [3.8, 4) is 0 Å². The molecule has 0 aliphatic heterocycles. The third-order valence-electron chi connectivity index (χ3n) is 19.7. The monoisotopic (exact) mass is 1280 g/mol. The molecule has 0 aromatic rings. The summed E-state index contributed by atoms with van der Waals surface area (Å²) in [6, 6.07) is -0.540. The van der Waals surface area contributed by atoms with E-state index in [-0.39, 0.29) is 18.5 Å². The van der Waals surface area contributed by atoms with Gasteiger partial charge in [0.1, 0.15) is 0 Å². The van der Waals surface area contributed by atoms with Crippen molar-refractivity contribution in [2.24, 2.45) is 0 Å². The van der Waals surface area contributed by atoms with Crippen molar-refractivity contribution in [3.05, 3.63) is 36.5 Å². The fourth-order valence-corrected chi connectivity index (χ4v) is 13.3. The number of aliphatic hydroxyl groups excluding tert-OH is 2. The molecule has 91 heavy (non-hydrogen) atoms. The SMILES string of the molecule is CCCCCCCC/C=C\CCCCCCCC(=O)OCCCCCCCCCCCCCCCCC/C=C\C/C=C\CCCCCCCCCCCCCCCCCCCC(=O)NC(CO)C(O)CCCCCCCCCCCCCCCCCCCCCC. The minimum atomic E-state index is -0.663. The molecule has 2 unspecified atom stereocenters. The number of esters is 1. The molecule has 0 aromatic heterocycles. The van der Waals surface area contributed by atoms with E-state index in [4.69, 9.17) is 4.74 Å². The van der Waals surface area contributed by atoms with Crippen LogP contribution >= 0.6 is 0 Å². The van der Waals surface area contributed by atoms with Crippen molar-refractivity contribution in [2.45, 2.75) is 482 Å². The maximum atomic E-state index is 12.6. The van der Waals surface area contributed by atoms with Crippen LogP contribution in [0.4, 0.5) is 0 Å². The number of amides is 1. The van der Waals surface area contributed by atoms with Gasteiger partial charge in [0.25, 0.3) is 0 Å². The van der Waals surface area contributed by atoms with Crippen LogP contribution in [0.3, 0.4) is 0 Å². The van der Waals surface area contributed by atoms with Crippen LogP contribution in [0, 0.1) is 0 Å². The summed E-state index contributed by atoms with van der Waals surface area (Å²) in [6.45, 7) is 5.00. The van der Waals surface area contributed by atoms with Gasteiger partial charge in [0, 0.05) is 12.8 Å². The molecule has 0 aliphatic rings. The van der Waals surface area contributed by atoms with Gasteiger partial charge in [-0.1, -0.05) is 410 Å². The number of carbonyl (C=O) groups is 2. The molecule has 0 aliphatic carbocycles. The Hall–Kier alpha value is -1.92.